The first kappa shape index (κ1) is 11.7. The Bertz CT molecular complexity index is 262. The molecule has 6 heteroatoms. The van der Waals surface area contributed by atoms with Crippen molar-refractivity contribution in [2.24, 2.45) is 0 Å². The topological polar surface area (TPSA) is 57.6 Å². The molecule has 0 aromatic heterocycles. The molecule has 0 aromatic carbocycles. The van der Waals surface area contributed by atoms with Gasteiger partial charge in [0.05, 0.1) is 10.6 Å². The highest BCUT2D eigenvalue weighted by Crippen LogP contribution is 2.26. The van der Waals surface area contributed by atoms with E-state index in [9.17, 15) is 9.59 Å². The van der Waals surface area contributed by atoms with Crippen LogP contribution in [0.4, 0.5) is 0 Å². The van der Waals surface area contributed by atoms with Crippen molar-refractivity contribution in [3.8, 4) is 0 Å². The molecule has 1 heterocycles. The first-order valence-electron chi connectivity index (χ1n) is 4.18. The molecule has 80 valence electrons. The molecule has 0 aliphatic carbocycles. The van der Waals surface area contributed by atoms with E-state index < -0.39 is 16.8 Å². The summed E-state index contributed by atoms with van der Waals surface area (Å²) in [4.78, 5) is 23.9. The Morgan fingerprint density at radius 1 is 1.57 bits per heavy atom. The van der Waals surface area contributed by atoms with Gasteiger partial charge in [0, 0.05) is 5.75 Å². The molecule has 1 atom stereocenters. The van der Waals surface area contributed by atoms with Crippen LogP contribution < -0.4 is 0 Å². The lowest BCUT2D eigenvalue weighted by atomic mass is 10.1. The number of carboxylic acids is 1. The molecule has 1 N–H and O–H groups in total. The predicted molar refractivity (Wildman–Crippen MR) is 58.7 cm³/mol. The minimum atomic E-state index is -0.944. The van der Waals surface area contributed by atoms with Gasteiger partial charge >= 0.3 is 5.97 Å². The Balaban J connectivity index is 2.77. The van der Waals surface area contributed by atoms with Gasteiger partial charge in [0.2, 0.25) is 5.91 Å². The molecule has 1 aliphatic heterocycles. The second-order valence-electron chi connectivity index (χ2n) is 3.69. The average Bonchev–Trinajstić information content (AvgIpc) is 2.48. The van der Waals surface area contributed by atoms with Crippen molar-refractivity contribution in [1.29, 1.82) is 0 Å². The van der Waals surface area contributed by atoms with Crippen molar-refractivity contribution in [1.82, 2.24) is 4.90 Å². The van der Waals surface area contributed by atoms with Gasteiger partial charge in [-0.25, -0.2) is 4.79 Å². The van der Waals surface area contributed by atoms with Crippen LogP contribution in [0.1, 0.15) is 13.8 Å². The minimum absolute atomic E-state index is 0.224. The number of hydrogen-bond donors (Lipinski definition) is 2. The molecular weight excluding hydrogens is 222 g/mol. The van der Waals surface area contributed by atoms with Crippen molar-refractivity contribution >= 4 is 36.3 Å². The molecule has 1 rings (SSSR count). The molecule has 1 aliphatic rings. The second kappa shape index (κ2) is 4.02. The second-order valence-corrected chi connectivity index (χ2v) is 5.81. The normalized spacial score (nSPS) is 22.5. The molecule has 1 saturated heterocycles. The maximum atomic E-state index is 11.8. The molecule has 4 nitrogen and oxygen atoms in total. The first-order valence-corrected chi connectivity index (χ1v) is 5.78. The zero-order valence-corrected chi connectivity index (χ0v) is 9.77. The summed E-state index contributed by atoms with van der Waals surface area (Å²) in [6, 6.07) is -0.695. The minimum Gasteiger partial charge on any atom is -0.480 e. The number of thioether (sulfide) groups is 1. The van der Waals surface area contributed by atoms with Crippen LogP contribution in [-0.4, -0.2) is 44.3 Å². The largest absolute Gasteiger partial charge is 0.480 e. The molecule has 1 fully saturated rings. The third-order valence-corrected chi connectivity index (χ3v) is 3.16. The highest BCUT2D eigenvalue weighted by Gasteiger charge is 2.39. The number of carbonyl (C=O) groups excluding carboxylic acids is 1. The molecule has 14 heavy (non-hydrogen) atoms. The van der Waals surface area contributed by atoms with Crippen LogP contribution in [0.2, 0.25) is 0 Å². The molecular formula is C8H13NO3S2. The summed E-state index contributed by atoms with van der Waals surface area (Å²) >= 11 is 5.59. The highest BCUT2D eigenvalue weighted by molar-refractivity contribution is 7.99. The summed E-state index contributed by atoms with van der Waals surface area (Å²) in [6.45, 7) is 3.33. The SMILES string of the molecule is CC(C)(S)C(=O)N1CSCC1C(=O)O. The Morgan fingerprint density at radius 2 is 2.14 bits per heavy atom. The van der Waals surface area contributed by atoms with E-state index in [0.717, 1.165) is 0 Å². The van der Waals surface area contributed by atoms with Crippen molar-refractivity contribution in [3.63, 3.8) is 0 Å². The first-order chi connectivity index (χ1) is 6.34. The van der Waals surface area contributed by atoms with Crippen LogP contribution in [0.15, 0.2) is 0 Å². The van der Waals surface area contributed by atoms with E-state index in [2.05, 4.69) is 12.6 Å². The number of nitrogens with zero attached hydrogens (tertiary/aromatic N) is 1. The number of rotatable bonds is 2. The summed E-state index contributed by atoms with van der Waals surface area (Å²) in [5.74, 6) is -0.260. The fourth-order valence-corrected chi connectivity index (χ4v) is 2.47. The Kier molecular flexibility index (Phi) is 3.36. The average molecular weight is 235 g/mol. The fourth-order valence-electron chi connectivity index (χ4n) is 1.20. The molecule has 1 unspecified atom stereocenters. The van der Waals surface area contributed by atoms with E-state index >= 15 is 0 Å². The summed E-state index contributed by atoms with van der Waals surface area (Å²) in [5.41, 5.74) is 0. The number of carboxylic acid groups (broad SMARTS) is 1. The zero-order chi connectivity index (χ0) is 10.9. The van der Waals surface area contributed by atoms with E-state index in [0.29, 0.717) is 11.6 Å². The van der Waals surface area contributed by atoms with Crippen LogP contribution in [-0.2, 0) is 9.59 Å². The lowest BCUT2D eigenvalue weighted by Gasteiger charge is -2.27. The lowest BCUT2D eigenvalue weighted by molar-refractivity contribution is -0.148. The predicted octanol–water partition coefficient (Wildman–Crippen LogP) is 0.681. The third kappa shape index (κ3) is 2.36. The van der Waals surface area contributed by atoms with Crippen molar-refractivity contribution in [2.45, 2.75) is 24.6 Å². The van der Waals surface area contributed by atoms with Gasteiger partial charge in [0.25, 0.3) is 0 Å². The van der Waals surface area contributed by atoms with E-state index in [1.54, 1.807) is 13.8 Å². The van der Waals surface area contributed by atoms with E-state index in [-0.39, 0.29) is 5.91 Å². The number of aliphatic carboxylic acids is 1. The molecule has 0 spiro atoms. The van der Waals surface area contributed by atoms with Gasteiger partial charge in [-0.2, -0.15) is 12.6 Å². The number of carbonyl (C=O) groups is 2. The number of hydrogen-bond acceptors (Lipinski definition) is 4. The molecule has 1 amide bonds. The van der Waals surface area contributed by atoms with Gasteiger partial charge in [0.15, 0.2) is 0 Å². The smallest absolute Gasteiger partial charge is 0.327 e. The fraction of sp³-hybridized carbons (Fsp3) is 0.750. The van der Waals surface area contributed by atoms with Crippen LogP contribution in [0.3, 0.4) is 0 Å². The maximum absolute atomic E-state index is 11.8. The van der Waals surface area contributed by atoms with Crippen LogP contribution in [0, 0.1) is 0 Å². The quantitative estimate of drug-likeness (QED) is 0.691. The summed E-state index contributed by atoms with van der Waals surface area (Å²) in [7, 11) is 0. The van der Waals surface area contributed by atoms with Gasteiger partial charge in [-0.1, -0.05) is 0 Å². The molecule has 0 radical (unpaired) electrons. The molecule has 0 aromatic rings. The Morgan fingerprint density at radius 3 is 2.57 bits per heavy atom. The van der Waals surface area contributed by atoms with E-state index in [4.69, 9.17) is 5.11 Å². The Hall–Kier alpha value is -0.360. The number of amides is 1. The Labute approximate surface area is 92.4 Å². The van der Waals surface area contributed by atoms with Gasteiger partial charge in [0.1, 0.15) is 6.04 Å². The van der Waals surface area contributed by atoms with Gasteiger partial charge in [-0.3, -0.25) is 4.79 Å². The van der Waals surface area contributed by atoms with Gasteiger partial charge < -0.3 is 10.0 Å². The van der Waals surface area contributed by atoms with Crippen molar-refractivity contribution in [2.75, 3.05) is 11.6 Å². The summed E-state index contributed by atoms with van der Waals surface area (Å²) < 4.78 is -0.807. The van der Waals surface area contributed by atoms with Crippen molar-refractivity contribution in [3.05, 3.63) is 0 Å². The van der Waals surface area contributed by atoms with Crippen LogP contribution in [0.25, 0.3) is 0 Å². The molecule has 0 saturated carbocycles. The van der Waals surface area contributed by atoms with Gasteiger partial charge in [-0.05, 0) is 13.8 Å². The van der Waals surface area contributed by atoms with E-state index in [1.165, 1.54) is 16.7 Å². The van der Waals surface area contributed by atoms with Crippen LogP contribution in [0.5, 0.6) is 0 Å². The maximum Gasteiger partial charge on any atom is 0.327 e. The van der Waals surface area contributed by atoms with Gasteiger partial charge in [-0.15, -0.1) is 11.8 Å². The number of thiol groups is 1. The summed E-state index contributed by atoms with van der Waals surface area (Å²) in [5, 5.41) is 8.87. The van der Waals surface area contributed by atoms with Crippen molar-refractivity contribution < 1.29 is 14.7 Å². The summed E-state index contributed by atoms with van der Waals surface area (Å²) in [6.07, 6.45) is 0. The molecule has 0 bridgehead atoms. The lowest BCUT2D eigenvalue weighted by Crippen LogP contribution is -2.48. The third-order valence-electron chi connectivity index (χ3n) is 1.95. The standard InChI is InChI=1S/C8H13NO3S2/c1-8(2,13)7(12)9-4-14-3-5(9)6(10)11/h5,13H,3-4H2,1-2H3,(H,10,11). The van der Waals surface area contributed by atoms with Crippen LogP contribution >= 0.6 is 24.4 Å². The van der Waals surface area contributed by atoms with E-state index in [1.807, 2.05) is 0 Å². The zero-order valence-electron chi connectivity index (χ0n) is 8.06. The monoisotopic (exact) mass is 235 g/mol. The highest BCUT2D eigenvalue weighted by atomic mass is 32.2.